The van der Waals surface area contributed by atoms with E-state index in [-0.39, 0.29) is 20.4 Å². The summed E-state index contributed by atoms with van der Waals surface area (Å²) in [6, 6.07) is 14.7. The van der Waals surface area contributed by atoms with E-state index in [0.29, 0.717) is 0 Å². The van der Waals surface area contributed by atoms with Gasteiger partial charge in [-0.3, -0.25) is 0 Å². The van der Waals surface area contributed by atoms with Crippen molar-refractivity contribution in [3.63, 3.8) is 0 Å². The number of hydrogen-bond donors (Lipinski definition) is 0. The van der Waals surface area contributed by atoms with Gasteiger partial charge in [0.05, 0.1) is 0 Å². The summed E-state index contributed by atoms with van der Waals surface area (Å²) in [7, 11) is 0. The Morgan fingerprint density at radius 2 is 0.643 bits per heavy atom. The summed E-state index contributed by atoms with van der Waals surface area (Å²) < 4.78 is 1.61. The largest absolute Gasteiger partial charge is 0.493 e. The summed E-state index contributed by atoms with van der Waals surface area (Å²) in [4.78, 5) is 0. The predicted octanol–water partition coefficient (Wildman–Crippen LogP) is 17.7. The minimum Gasteiger partial charge on any atom is -0.493 e. The predicted molar refractivity (Wildman–Crippen MR) is 244 cm³/mol. The van der Waals surface area contributed by atoms with Crippen molar-refractivity contribution in [1.82, 2.24) is 0 Å². The fourth-order valence-electron chi connectivity index (χ4n) is 8.65. The molecule has 0 atom stereocenters. The van der Waals surface area contributed by atoms with Gasteiger partial charge in [0.1, 0.15) is 0 Å². The fourth-order valence-corrected chi connectivity index (χ4v) is 8.65. The average Bonchev–Trinajstić information content (AvgIpc) is 3.52. The van der Waals surface area contributed by atoms with Gasteiger partial charge in [-0.1, -0.05) is 188 Å². The molecule has 2 aromatic rings. The average molecular weight is 858 g/mol. The molecule has 3 rings (SSSR count). The molecule has 56 heavy (non-hydrogen) atoms. The van der Waals surface area contributed by atoms with Crippen LogP contribution in [0.3, 0.4) is 0 Å². The summed E-state index contributed by atoms with van der Waals surface area (Å²) in [5.74, 6) is 0. The first-order valence-electron chi connectivity index (χ1n) is 24.2. The molecule has 0 spiro atoms. The Bertz CT molecular complexity index is 1330. The number of aryl methyl sites for hydroxylation is 4. The number of nitrogens with zero attached hydrogens (tertiary/aromatic N) is 2. The number of allylic oxidation sites excluding steroid dienone is 2. The Hall–Kier alpha value is -1.82. The Morgan fingerprint density at radius 3 is 1.00 bits per heavy atom. The van der Waals surface area contributed by atoms with Gasteiger partial charge in [0, 0.05) is 43.2 Å². The normalized spacial score (nSPS) is 12.8. The van der Waals surface area contributed by atoms with Gasteiger partial charge in [0.15, 0.2) is 0 Å². The van der Waals surface area contributed by atoms with Crippen molar-refractivity contribution in [3.8, 4) is 0 Å². The summed E-state index contributed by atoms with van der Waals surface area (Å²) >= 11 is 0. The molecule has 1 aliphatic rings. The standard InChI is InChI=1S/C53H86N2.Pd/c1-6-11-16-20-24-29-33-45-38-46(34-30-25-21-17-12-7-2)41-50(40-45)52-44-49(37-28-15-10-5)53(55(52)54)51-42-47(35-31-26-22-18-13-8-3)39-48(43-51)36-32-27-23-19-14-9-4;/h38-44H,6-37H2,1-5H3;. The van der Waals surface area contributed by atoms with Gasteiger partial charge in [0.25, 0.3) is 0 Å². The second-order valence-electron chi connectivity index (χ2n) is 17.3. The van der Waals surface area contributed by atoms with Crippen LogP contribution in [0.4, 0.5) is 0 Å². The van der Waals surface area contributed by atoms with E-state index in [1.807, 2.05) is 0 Å². The minimum absolute atomic E-state index is 0. The molecule has 2 aromatic carbocycles. The second-order valence-corrected chi connectivity index (χ2v) is 17.3. The van der Waals surface area contributed by atoms with Gasteiger partial charge in [0.2, 0.25) is 11.4 Å². The molecule has 0 saturated carbocycles. The molecule has 2 nitrogen and oxygen atoms in total. The smallest absolute Gasteiger partial charge is 0.210 e. The van der Waals surface area contributed by atoms with Crippen LogP contribution in [-0.4, -0.2) is 4.70 Å². The topological polar surface area (TPSA) is 25.3 Å². The van der Waals surface area contributed by atoms with Crippen LogP contribution < -0.4 is 0 Å². The van der Waals surface area contributed by atoms with E-state index in [1.165, 1.54) is 206 Å². The Balaban J connectivity index is 0.0000108. The molecule has 0 aromatic heterocycles. The van der Waals surface area contributed by atoms with Crippen LogP contribution in [0, 0.1) is 0 Å². The summed E-state index contributed by atoms with van der Waals surface area (Å²) in [5.41, 5.74) is 23.9. The first-order chi connectivity index (χ1) is 27.0. The second kappa shape index (κ2) is 32.1. The van der Waals surface area contributed by atoms with Crippen LogP contribution in [-0.2, 0) is 46.1 Å². The van der Waals surface area contributed by atoms with Gasteiger partial charge in [-0.15, -0.1) is 0 Å². The van der Waals surface area contributed by atoms with E-state index in [1.54, 1.807) is 4.70 Å². The summed E-state index contributed by atoms with van der Waals surface area (Å²) in [6.07, 6.45) is 43.3. The van der Waals surface area contributed by atoms with E-state index in [0.717, 1.165) is 49.9 Å². The Morgan fingerprint density at radius 1 is 0.357 bits per heavy atom. The molecule has 3 heteroatoms. The van der Waals surface area contributed by atoms with Crippen molar-refractivity contribution in [1.29, 1.82) is 0 Å². The van der Waals surface area contributed by atoms with Crippen LogP contribution in [0.15, 0.2) is 48.0 Å². The number of hydrogen-bond acceptors (Lipinski definition) is 0. The maximum atomic E-state index is 12.3. The minimum atomic E-state index is 0. The molecule has 0 fully saturated rings. The first-order valence-corrected chi connectivity index (χ1v) is 24.2. The zero-order valence-corrected chi connectivity index (χ0v) is 38.9. The number of unbranched alkanes of at least 4 members (excludes halogenated alkanes) is 22. The van der Waals surface area contributed by atoms with Crippen LogP contribution in [0.25, 0.3) is 16.9 Å². The monoisotopic (exact) mass is 857 g/mol. The third-order valence-corrected chi connectivity index (χ3v) is 12.1. The zero-order valence-electron chi connectivity index (χ0n) is 37.4. The molecule has 318 valence electrons. The Kier molecular flexibility index (Phi) is 28.8. The molecule has 0 saturated heterocycles. The van der Waals surface area contributed by atoms with E-state index in [2.05, 4.69) is 77.1 Å². The Labute approximate surface area is 361 Å². The van der Waals surface area contributed by atoms with E-state index in [9.17, 15) is 5.53 Å². The molecule has 1 aliphatic heterocycles. The van der Waals surface area contributed by atoms with Crippen molar-refractivity contribution < 1.29 is 25.1 Å². The summed E-state index contributed by atoms with van der Waals surface area (Å²) in [6.45, 7) is 11.5. The maximum absolute atomic E-state index is 12.3. The molecule has 0 unspecified atom stereocenters. The molecule has 0 bridgehead atoms. The van der Waals surface area contributed by atoms with E-state index < -0.39 is 0 Å². The molecule has 0 N–H and O–H groups in total. The van der Waals surface area contributed by atoms with Crippen molar-refractivity contribution in [3.05, 3.63) is 87.0 Å². The van der Waals surface area contributed by atoms with Crippen LogP contribution in [0.1, 0.15) is 248 Å². The quantitative estimate of drug-likeness (QED) is 0.0381. The molecular weight excluding hydrogens is 771 g/mol. The van der Waals surface area contributed by atoms with Gasteiger partial charge in [-0.05, 0) is 111 Å². The van der Waals surface area contributed by atoms with Gasteiger partial charge in [-0.2, -0.15) is 0 Å². The van der Waals surface area contributed by atoms with Crippen molar-refractivity contribution in [2.75, 3.05) is 0 Å². The fraction of sp³-hybridized carbons (Fsp3) is 0.698. The summed E-state index contributed by atoms with van der Waals surface area (Å²) in [5, 5.41) is 0. The third-order valence-electron chi connectivity index (χ3n) is 12.1. The zero-order chi connectivity index (χ0) is 39.4. The molecule has 0 radical (unpaired) electrons. The van der Waals surface area contributed by atoms with Gasteiger partial charge < -0.3 is 5.53 Å². The van der Waals surface area contributed by atoms with Gasteiger partial charge in [-0.25, -0.2) is 4.70 Å². The third kappa shape index (κ3) is 19.8. The van der Waals surface area contributed by atoms with Crippen LogP contribution in [0.2, 0.25) is 0 Å². The molecule has 0 amide bonds. The maximum Gasteiger partial charge on any atom is 0.210 e. The molecule has 0 aliphatic carbocycles. The van der Waals surface area contributed by atoms with Crippen molar-refractivity contribution in [2.45, 2.75) is 240 Å². The first kappa shape index (κ1) is 50.3. The van der Waals surface area contributed by atoms with Crippen molar-refractivity contribution >= 4 is 11.4 Å². The van der Waals surface area contributed by atoms with E-state index >= 15 is 0 Å². The molecule has 1 heterocycles. The van der Waals surface area contributed by atoms with Crippen LogP contribution >= 0.6 is 0 Å². The number of rotatable bonds is 34. The molecular formula is C53H86N2Pd. The van der Waals surface area contributed by atoms with Gasteiger partial charge >= 0.3 is 0 Å². The number of benzene rings is 2. The van der Waals surface area contributed by atoms with Crippen molar-refractivity contribution in [2.24, 2.45) is 0 Å². The SMILES string of the molecule is CCCCCCCCc1cc(CCCCCCCC)cc(C2=CC(CCCCC)=C(c3cc(CCCCCCCC)cc(CCCCCCCC)c3)[N+]2=[N-])c1.[Pd]. The van der Waals surface area contributed by atoms with E-state index in [4.69, 9.17) is 0 Å². The van der Waals surface area contributed by atoms with Crippen LogP contribution in [0.5, 0.6) is 0 Å².